The molecular formula is C14H18N2O4. The summed E-state index contributed by atoms with van der Waals surface area (Å²) in [5.41, 5.74) is 1.59. The molecule has 0 radical (unpaired) electrons. The topological polar surface area (TPSA) is 92.5 Å². The number of nitro groups is 1. The Bertz CT molecular complexity index is 522. The summed E-state index contributed by atoms with van der Waals surface area (Å²) in [5, 5.41) is 23.0. The molecule has 0 amide bonds. The molecule has 0 saturated heterocycles. The number of hydrogen-bond acceptors (Lipinski definition) is 4. The van der Waals surface area contributed by atoms with Crippen molar-refractivity contribution in [1.29, 1.82) is 0 Å². The molecule has 6 nitrogen and oxygen atoms in total. The van der Waals surface area contributed by atoms with Crippen LogP contribution in [0.5, 0.6) is 0 Å². The first-order valence-corrected chi connectivity index (χ1v) is 6.71. The summed E-state index contributed by atoms with van der Waals surface area (Å²) >= 11 is 0. The van der Waals surface area contributed by atoms with Gasteiger partial charge in [0.25, 0.3) is 5.69 Å². The lowest BCUT2D eigenvalue weighted by atomic mass is 9.86. The fraction of sp³-hybridized carbons (Fsp3) is 0.500. The number of carbonyl (C=O) groups is 1. The van der Waals surface area contributed by atoms with E-state index < -0.39 is 10.9 Å². The number of rotatable bonds is 4. The molecule has 1 aromatic rings. The lowest BCUT2D eigenvalue weighted by molar-refractivity contribution is -0.385. The van der Waals surface area contributed by atoms with Gasteiger partial charge in [0.15, 0.2) is 0 Å². The highest BCUT2D eigenvalue weighted by Crippen LogP contribution is 2.28. The van der Waals surface area contributed by atoms with Gasteiger partial charge in [0.2, 0.25) is 0 Å². The van der Waals surface area contributed by atoms with Crippen LogP contribution in [0, 0.1) is 23.0 Å². The van der Waals surface area contributed by atoms with Gasteiger partial charge in [-0.05, 0) is 44.7 Å². The van der Waals surface area contributed by atoms with Crippen molar-refractivity contribution in [1.82, 2.24) is 0 Å². The average molecular weight is 278 g/mol. The second-order valence-corrected chi connectivity index (χ2v) is 5.29. The van der Waals surface area contributed by atoms with Crippen molar-refractivity contribution in [3.63, 3.8) is 0 Å². The van der Waals surface area contributed by atoms with Crippen LogP contribution in [-0.2, 0) is 4.79 Å². The van der Waals surface area contributed by atoms with E-state index in [-0.39, 0.29) is 17.6 Å². The van der Waals surface area contributed by atoms with Crippen LogP contribution in [0.3, 0.4) is 0 Å². The van der Waals surface area contributed by atoms with Crippen LogP contribution < -0.4 is 5.32 Å². The van der Waals surface area contributed by atoms with Crippen LogP contribution in [0.4, 0.5) is 11.4 Å². The highest BCUT2D eigenvalue weighted by Gasteiger charge is 2.25. The number of carboxylic acid groups (broad SMARTS) is 1. The quantitative estimate of drug-likeness (QED) is 0.652. The van der Waals surface area contributed by atoms with Gasteiger partial charge >= 0.3 is 5.97 Å². The molecule has 108 valence electrons. The SMILES string of the molecule is Cc1cc(NC2CCC(C(=O)O)CC2)ccc1[N+](=O)[O-]. The monoisotopic (exact) mass is 278 g/mol. The smallest absolute Gasteiger partial charge is 0.306 e. The number of nitrogens with one attached hydrogen (secondary N) is 1. The van der Waals surface area contributed by atoms with Gasteiger partial charge in [0, 0.05) is 23.4 Å². The van der Waals surface area contributed by atoms with Crippen LogP contribution in [-0.4, -0.2) is 22.0 Å². The molecule has 0 unspecified atom stereocenters. The minimum absolute atomic E-state index is 0.116. The van der Waals surface area contributed by atoms with E-state index in [1.54, 1.807) is 19.1 Å². The molecule has 1 aromatic carbocycles. The van der Waals surface area contributed by atoms with Crippen molar-refractivity contribution in [2.24, 2.45) is 5.92 Å². The first-order chi connectivity index (χ1) is 9.47. The van der Waals surface area contributed by atoms with Gasteiger partial charge in [-0.2, -0.15) is 0 Å². The van der Waals surface area contributed by atoms with Crippen LogP contribution in [0.25, 0.3) is 0 Å². The maximum absolute atomic E-state index is 10.9. The zero-order chi connectivity index (χ0) is 14.7. The molecule has 0 heterocycles. The largest absolute Gasteiger partial charge is 0.481 e. The minimum Gasteiger partial charge on any atom is -0.481 e. The van der Waals surface area contributed by atoms with E-state index >= 15 is 0 Å². The summed E-state index contributed by atoms with van der Waals surface area (Å²) in [5.74, 6) is -0.943. The summed E-state index contributed by atoms with van der Waals surface area (Å²) in [6, 6.07) is 5.21. The molecule has 1 aliphatic carbocycles. The average Bonchev–Trinajstić information content (AvgIpc) is 2.39. The number of nitrogens with zero attached hydrogens (tertiary/aromatic N) is 1. The van der Waals surface area contributed by atoms with E-state index in [2.05, 4.69) is 5.32 Å². The number of carboxylic acids is 1. The lowest BCUT2D eigenvalue weighted by Gasteiger charge is -2.27. The molecule has 0 aliphatic heterocycles. The van der Waals surface area contributed by atoms with E-state index in [1.807, 2.05) is 0 Å². The molecule has 0 aromatic heterocycles. The van der Waals surface area contributed by atoms with Crippen LogP contribution >= 0.6 is 0 Å². The van der Waals surface area contributed by atoms with Gasteiger partial charge < -0.3 is 10.4 Å². The van der Waals surface area contributed by atoms with Crippen LogP contribution in [0.2, 0.25) is 0 Å². The van der Waals surface area contributed by atoms with Crippen molar-refractivity contribution < 1.29 is 14.8 Å². The van der Waals surface area contributed by atoms with Gasteiger partial charge in [-0.3, -0.25) is 14.9 Å². The molecule has 6 heteroatoms. The number of nitro benzene ring substituents is 1. The fourth-order valence-corrected chi connectivity index (χ4v) is 2.67. The van der Waals surface area contributed by atoms with Crippen LogP contribution in [0.1, 0.15) is 31.2 Å². The third kappa shape index (κ3) is 3.26. The third-order valence-corrected chi connectivity index (χ3v) is 3.84. The predicted octanol–water partition coefficient (Wildman–Crippen LogP) is 2.96. The molecule has 0 spiro atoms. The molecule has 0 atom stereocenters. The summed E-state index contributed by atoms with van der Waals surface area (Å²) in [4.78, 5) is 21.2. The number of hydrogen-bond donors (Lipinski definition) is 2. The Morgan fingerprint density at radius 2 is 2.00 bits per heavy atom. The molecule has 0 bridgehead atoms. The molecular weight excluding hydrogens is 260 g/mol. The highest BCUT2D eigenvalue weighted by molar-refractivity contribution is 5.70. The maximum atomic E-state index is 10.9. The van der Waals surface area contributed by atoms with Crippen molar-refractivity contribution in [3.05, 3.63) is 33.9 Å². The van der Waals surface area contributed by atoms with Gasteiger partial charge in [-0.1, -0.05) is 0 Å². The van der Waals surface area contributed by atoms with Gasteiger partial charge in [0.05, 0.1) is 10.8 Å². The second kappa shape index (κ2) is 5.90. The minimum atomic E-state index is -0.713. The van der Waals surface area contributed by atoms with Crippen molar-refractivity contribution in [2.45, 2.75) is 38.6 Å². The summed E-state index contributed by atoms with van der Waals surface area (Å²) in [6.07, 6.45) is 2.98. The Hall–Kier alpha value is -2.11. The number of anilines is 1. The van der Waals surface area contributed by atoms with E-state index in [0.717, 1.165) is 18.5 Å². The predicted molar refractivity (Wildman–Crippen MR) is 74.8 cm³/mol. The summed E-state index contributed by atoms with van der Waals surface area (Å²) in [6.45, 7) is 1.71. The molecule has 1 saturated carbocycles. The normalized spacial score (nSPS) is 22.2. The molecule has 2 N–H and O–H groups in total. The Kier molecular flexibility index (Phi) is 4.22. The molecule has 1 fully saturated rings. The Morgan fingerprint density at radius 3 is 2.50 bits per heavy atom. The molecule has 20 heavy (non-hydrogen) atoms. The van der Waals surface area contributed by atoms with E-state index in [0.29, 0.717) is 18.4 Å². The number of benzene rings is 1. The molecule has 1 aliphatic rings. The van der Waals surface area contributed by atoms with Gasteiger partial charge in [-0.25, -0.2) is 0 Å². The first-order valence-electron chi connectivity index (χ1n) is 6.71. The van der Waals surface area contributed by atoms with Gasteiger partial charge in [-0.15, -0.1) is 0 Å². The molecule has 2 rings (SSSR count). The Labute approximate surface area is 117 Å². The summed E-state index contributed by atoms with van der Waals surface area (Å²) in [7, 11) is 0. The zero-order valence-electron chi connectivity index (χ0n) is 11.3. The highest BCUT2D eigenvalue weighted by atomic mass is 16.6. The van der Waals surface area contributed by atoms with E-state index in [1.165, 1.54) is 6.07 Å². The first kappa shape index (κ1) is 14.3. The second-order valence-electron chi connectivity index (χ2n) is 5.29. The van der Waals surface area contributed by atoms with Crippen molar-refractivity contribution in [2.75, 3.05) is 5.32 Å². The van der Waals surface area contributed by atoms with Crippen molar-refractivity contribution >= 4 is 17.3 Å². The van der Waals surface area contributed by atoms with Gasteiger partial charge in [0.1, 0.15) is 0 Å². The summed E-state index contributed by atoms with van der Waals surface area (Å²) < 4.78 is 0. The lowest BCUT2D eigenvalue weighted by Crippen LogP contribution is -2.29. The maximum Gasteiger partial charge on any atom is 0.306 e. The van der Waals surface area contributed by atoms with Crippen LogP contribution in [0.15, 0.2) is 18.2 Å². The van der Waals surface area contributed by atoms with E-state index in [9.17, 15) is 14.9 Å². The van der Waals surface area contributed by atoms with Crippen molar-refractivity contribution in [3.8, 4) is 0 Å². The fourth-order valence-electron chi connectivity index (χ4n) is 2.67. The third-order valence-electron chi connectivity index (χ3n) is 3.84. The zero-order valence-corrected chi connectivity index (χ0v) is 11.3. The Balaban J connectivity index is 1.96. The number of aliphatic carboxylic acids is 1. The standard InChI is InChI=1S/C14H18N2O4/c1-9-8-12(6-7-13(9)16(19)20)15-11-4-2-10(3-5-11)14(17)18/h6-8,10-11,15H,2-5H2,1H3,(H,17,18). The van der Waals surface area contributed by atoms with E-state index in [4.69, 9.17) is 5.11 Å². The number of aryl methyl sites for hydroxylation is 1. The Morgan fingerprint density at radius 1 is 1.35 bits per heavy atom.